The van der Waals surface area contributed by atoms with Crippen molar-refractivity contribution in [1.29, 1.82) is 0 Å². The van der Waals surface area contributed by atoms with E-state index in [1.807, 2.05) is 26.8 Å². The van der Waals surface area contributed by atoms with Crippen molar-refractivity contribution in [1.82, 2.24) is 15.8 Å². The summed E-state index contributed by atoms with van der Waals surface area (Å²) >= 11 is 0. The minimum absolute atomic E-state index is 0.252. The lowest BCUT2D eigenvalue weighted by atomic mass is 9.51. The molecule has 28 heavy (non-hydrogen) atoms. The molecule has 1 saturated carbocycles. The second kappa shape index (κ2) is 6.43. The van der Waals surface area contributed by atoms with Crippen LogP contribution in [0, 0.1) is 23.2 Å². The molecule has 1 aromatic rings. The van der Waals surface area contributed by atoms with Crippen molar-refractivity contribution in [3.63, 3.8) is 0 Å². The number of carbonyl (C=O) groups is 4. The zero-order valence-corrected chi connectivity index (χ0v) is 17.0. The number of rotatable bonds is 2. The van der Waals surface area contributed by atoms with Gasteiger partial charge in [0.05, 0.1) is 5.41 Å². The van der Waals surface area contributed by atoms with Gasteiger partial charge in [0.15, 0.2) is 0 Å². The molecule has 1 aliphatic carbocycles. The molecule has 0 radical (unpaired) electrons. The van der Waals surface area contributed by atoms with E-state index in [0.29, 0.717) is 24.8 Å². The van der Waals surface area contributed by atoms with Crippen molar-refractivity contribution in [3.8, 4) is 0 Å². The Morgan fingerprint density at radius 2 is 1.54 bits per heavy atom. The predicted octanol–water partition coefficient (Wildman–Crippen LogP) is 1.96. The van der Waals surface area contributed by atoms with Gasteiger partial charge in [0.1, 0.15) is 0 Å². The molecule has 1 aromatic carbocycles. The summed E-state index contributed by atoms with van der Waals surface area (Å²) in [6, 6.07) is 7.04. The number of carbonyl (C=O) groups excluding carboxylic acids is 4. The van der Waals surface area contributed by atoms with Crippen LogP contribution in [0.4, 0.5) is 0 Å². The van der Waals surface area contributed by atoms with Gasteiger partial charge in [-0.05, 0) is 38.3 Å². The Kier molecular flexibility index (Phi) is 4.60. The fourth-order valence-corrected chi connectivity index (χ4v) is 5.26. The average molecular weight is 385 g/mol. The summed E-state index contributed by atoms with van der Waals surface area (Å²) in [5.41, 5.74) is 3.80. The molecule has 7 heteroatoms. The number of piperidine rings is 1. The molecule has 0 spiro atoms. The lowest BCUT2D eigenvalue weighted by Crippen LogP contribution is -2.64. The fraction of sp³-hybridized carbons (Fsp3) is 0.524. The van der Waals surface area contributed by atoms with E-state index in [1.165, 1.54) is 11.9 Å². The van der Waals surface area contributed by atoms with Crippen LogP contribution in [-0.4, -0.2) is 35.6 Å². The van der Waals surface area contributed by atoms with E-state index in [9.17, 15) is 19.2 Å². The van der Waals surface area contributed by atoms with Crippen molar-refractivity contribution in [2.45, 2.75) is 47.0 Å². The fourth-order valence-electron chi connectivity index (χ4n) is 5.26. The molecule has 4 amide bonds. The zero-order chi connectivity index (χ0) is 20.9. The molecule has 7 nitrogen and oxygen atoms in total. The van der Waals surface area contributed by atoms with Crippen LogP contribution in [0.3, 0.4) is 0 Å². The van der Waals surface area contributed by atoms with Crippen LogP contribution in [-0.2, 0) is 14.4 Å². The molecule has 2 bridgehead atoms. The first-order valence-corrected chi connectivity index (χ1v) is 9.40. The van der Waals surface area contributed by atoms with Crippen LogP contribution >= 0.6 is 0 Å². The molecule has 1 heterocycles. The molecule has 1 saturated heterocycles. The van der Waals surface area contributed by atoms with Crippen molar-refractivity contribution < 1.29 is 19.2 Å². The molecule has 2 fully saturated rings. The molecule has 3 rings (SSSR count). The van der Waals surface area contributed by atoms with E-state index < -0.39 is 28.1 Å². The normalized spacial score (nSPS) is 32.1. The highest BCUT2D eigenvalue weighted by Crippen LogP contribution is 2.58. The van der Waals surface area contributed by atoms with Crippen LogP contribution < -0.4 is 10.9 Å². The number of hydrazine groups is 1. The average Bonchev–Trinajstić information content (AvgIpc) is 2.62. The number of benzene rings is 1. The molecular formula is C21H27N3O4. The number of amides is 4. The van der Waals surface area contributed by atoms with E-state index in [-0.39, 0.29) is 11.8 Å². The summed E-state index contributed by atoms with van der Waals surface area (Å²) in [6.45, 7) is 7.26. The number of likely N-dealkylation sites (tertiary alicyclic amines) is 1. The summed E-state index contributed by atoms with van der Waals surface area (Å²) in [5, 5.41) is 0. The number of hydrogen-bond donors (Lipinski definition) is 2. The Morgan fingerprint density at radius 3 is 2.07 bits per heavy atom. The van der Waals surface area contributed by atoms with Crippen molar-refractivity contribution in [2.24, 2.45) is 16.2 Å². The third kappa shape index (κ3) is 3.19. The van der Waals surface area contributed by atoms with Crippen LogP contribution in [0.1, 0.15) is 56.0 Å². The summed E-state index contributed by atoms with van der Waals surface area (Å²) in [4.78, 5) is 51.9. The number of fused-ring (bicyclic) bond motifs is 2. The monoisotopic (exact) mass is 385 g/mol. The van der Waals surface area contributed by atoms with Gasteiger partial charge in [0.25, 0.3) is 5.91 Å². The van der Waals surface area contributed by atoms with Crippen molar-refractivity contribution in [3.05, 3.63) is 35.4 Å². The topological polar surface area (TPSA) is 95.6 Å². The van der Waals surface area contributed by atoms with E-state index in [0.717, 1.165) is 5.56 Å². The van der Waals surface area contributed by atoms with Gasteiger partial charge in [-0.1, -0.05) is 38.5 Å². The molecule has 0 aromatic heterocycles. The Balaban J connectivity index is 1.77. The van der Waals surface area contributed by atoms with Gasteiger partial charge in [-0.2, -0.15) is 0 Å². The third-order valence-electron chi connectivity index (χ3n) is 6.10. The number of nitrogens with one attached hydrogen (secondary N) is 2. The quantitative estimate of drug-likeness (QED) is 0.601. The van der Waals surface area contributed by atoms with Crippen molar-refractivity contribution in [2.75, 3.05) is 7.05 Å². The minimum Gasteiger partial charge on any atom is -0.285 e. The molecular weight excluding hydrogens is 358 g/mol. The highest BCUT2D eigenvalue weighted by atomic mass is 16.2. The van der Waals surface area contributed by atoms with Gasteiger partial charge in [-0.25, -0.2) is 0 Å². The Labute approximate surface area is 164 Å². The van der Waals surface area contributed by atoms with Gasteiger partial charge < -0.3 is 0 Å². The molecule has 2 N–H and O–H groups in total. The van der Waals surface area contributed by atoms with Gasteiger partial charge in [-0.15, -0.1) is 0 Å². The smallest absolute Gasteiger partial charge is 0.269 e. The first kappa shape index (κ1) is 20.0. The second-order valence-electron chi connectivity index (χ2n) is 9.16. The molecule has 150 valence electrons. The summed E-state index contributed by atoms with van der Waals surface area (Å²) < 4.78 is 0. The Morgan fingerprint density at radius 1 is 0.964 bits per heavy atom. The molecule has 2 atom stereocenters. The minimum atomic E-state index is -0.950. The van der Waals surface area contributed by atoms with E-state index in [4.69, 9.17) is 0 Å². The highest BCUT2D eigenvalue weighted by Gasteiger charge is 2.62. The van der Waals surface area contributed by atoms with E-state index in [1.54, 1.807) is 25.1 Å². The van der Waals surface area contributed by atoms with Crippen LogP contribution in [0.15, 0.2) is 24.3 Å². The lowest BCUT2D eigenvalue weighted by Gasteiger charge is -2.55. The summed E-state index contributed by atoms with van der Waals surface area (Å²) in [7, 11) is 1.51. The SMILES string of the molecule is Cc1cccc(C(=O)NNC(=O)C2(C)CC3(C)CC(C)(C2)C(=O)N(C)C3=O)c1. The maximum absolute atomic E-state index is 13.0. The largest absolute Gasteiger partial charge is 0.285 e. The van der Waals surface area contributed by atoms with Gasteiger partial charge >= 0.3 is 0 Å². The zero-order valence-electron chi connectivity index (χ0n) is 17.0. The predicted molar refractivity (Wildman–Crippen MR) is 103 cm³/mol. The van der Waals surface area contributed by atoms with E-state index >= 15 is 0 Å². The molecule has 2 aliphatic rings. The first-order valence-electron chi connectivity index (χ1n) is 9.40. The number of nitrogens with zero attached hydrogens (tertiary/aromatic N) is 1. The summed E-state index contributed by atoms with van der Waals surface area (Å²) in [5.74, 6) is -1.31. The van der Waals surface area contributed by atoms with Crippen LogP contribution in [0.2, 0.25) is 0 Å². The Bertz CT molecular complexity index is 850. The number of imide groups is 1. The van der Waals surface area contributed by atoms with Crippen molar-refractivity contribution >= 4 is 23.6 Å². The van der Waals surface area contributed by atoms with Crippen LogP contribution in [0.25, 0.3) is 0 Å². The summed E-state index contributed by atoms with van der Waals surface area (Å²) in [6.07, 6.45) is 1.07. The van der Waals surface area contributed by atoms with Gasteiger partial charge in [0, 0.05) is 23.4 Å². The molecule has 1 aliphatic heterocycles. The van der Waals surface area contributed by atoms with E-state index in [2.05, 4.69) is 10.9 Å². The first-order chi connectivity index (χ1) is 12.9. The number of aryl methyl sites for hydroxylation is 1. The second-order valence-corrected chi connectivity index (χ2v) is 9.16. The maximum atomic E-state index is 13.0. The lowest BCUT2D eigenvalue weighted by molar-refractivity contribution is -0.178. The highest BCUT2D eigenvalue weighted by molar-refractivity contribution is 6.04. The molecule has 2 unspecified atom stereocenters. The standard InChI is InChI=1S/C21H27N3O4/c1-13-7-6-8-14(9-13)15(25)22-23-16(26)19(2)10-20(3)12-21(4,11-19)18(28)24(5)17(20)27/h6-9H,10-12H2,1-5H3,(H,22,25)(H,23,26). The van der Waals surface area contributed by atoms with Gasteiger partial charge in [-0.3, -0.25) is 34.9 Å². The van der Waals surface area contributed by atoms with Crippen LogP contribution in [0.5, 0.6) is 0 Å². The Hall–Kier alpha value is -2.70. The van der Waals surface area contributed by atoms with Gasteiger partial charge in [0.2, 0.25) is 17.7 Å². The maximum Gasteiger partial charge on any atom is 0.269 e. The number of hydrogen-bond acceptors (Lipinski definition) is 4. The third-order valence-corrected chi connectivity index (χ3v) is 6.10.